The fourth-order valence-electron chi connectivity index (χ4n) is 3.05. The summed E-state index contributed by atoms with van der Waals surface area (Å²) in [5, 5.41) is 4.70. The molecule has 0 spiro atoms. The summed E-state index contributed by atoms with van der Waals surface area (Å²) in [6, 6.07) is 10.5. The van der Waals surface area contributed by atoms with Gasteiger partial charge in [0.15, 0.2) is 0 Å². The summed E-state index contributed by atoms with van der Waals surface area (Å²) in [6.07, 6.45) is -0.0286. The van der Waals surface area contributed by atoms with Crippen LogP contribution in [-0.4, -0.2) is 41.0 Å². The van der Waals surface area contributed by atoms with Crippen LogP contribution in [0.3, 0.4) is 0 Å². The minimum absolute atomic E-state index is 0.0286. The van der Waals surface area contributed by atoms with Crippen molar-refractivity contribution in [3.05, 3.63) is 47.3 Å². The van der Waals surface area contributed by atoms with Crippen LogP contribution in [0.4, 0.5) is 0 Å². The molecule has 1 aromatic carbocycles. The van der Waals surface area contributed by atoms with Gasteiger partial charge in [0.1, 0.15) is 5.75 Å². The molecule has 3 rings (SSSR count). The first kappa shape index (κ1) is 17.9. The van der Waals surface area contributed by atoms with Crippen LogP contribution in [0.15, 0.2) is 30.3 Å². The molecular weight excluding hydrogens is 316 g/mol. The number of fused-ring (bicyclic) bond motifs is 1. The number of hydrogen-bond acceptors (Lipinski definition) is 5. The van der Waals surface area contributed by atoms with Crippen molar-refractivity contribution in [3.63, 3.8) is 0 Å². The van der Waals surface area contributed by atoms with Gasteiger partial charge in [0.05, 0.1) is 37.8 Å². The van der Waals surface area contributed by atoms with Crippen molar-refractivity contribution in [3.8, 4) is 5.75 Å². The van der Waals surface area contributed by atoms with Gasteiger partial charge in [-0.05, 0) is 37.6 Å². The zero-order valence-corrected chi connectivity index (χ0v) is 15.3. The number of hydrogen-bond donors (Lipinski definition) is 1. The highest BCUT2D eigenvalue weighted by molar-refractivity contribution is 5.27. The van der Waals surface area contributed by atoms with Gasteiger partial charge in [0, 0.05) is 25.7 Å². The summed E-state index contributed by atoms with van der Waals surface area (Å²) in [5.74, 6) is 0.894. The van der Waals surface area contributed by atoms with E-state index >= 15 is 0 Å². The molecule has 0 saturated carbocycles. The van der Waals surface area contributed by atoms with Crippen molar-refractivity contribution in [2.75, 3.05) is 20.3 Å². The van der Waals surface area contributed by atoms with E-state index in [1.54, 1.807) is 7.11 Å². The van der Waals surface area contributed by atoms with Crippen molar-refractivity contribution in [1.82, 2.24) is 14.7 Å². The second-order valence-electron chi connectivity index (χ2n) is 6.80. The van der Waals surface area contributed by atoms with Gasteiger partial charge in [-0.1, -0.05) is 12.1 Å². The summed E-state index contributed by atoms with van der Waals surface area (Å²) in [7, 11) is 1.69. The monoisotopic (exact) mass is 344 g/mol. The Morgan fingerprint density at radius 2 is 1.96 bits per heavy atom. The normalized spacial score (nSPS) is 17.1. The van der Waals surface area contributed by atoms with Gasteiger partial charge in [-0.2, -0.15) is 5.10 Å². The molecule has 0 saturated heterocycles. The van der Waals surface area contributed by atoms with Gasteiger partial charge >= 0.3 is 0 Å². The Morgan fingerprint density at radius 1 is 1.20 bits per heavy atom. The van der Waals surface area contributed by atoms with Gasteiger partial charge in [-0.25, -0.2) is 0 Å². The molecule has 136 valence electrons. The van der Waals surface area contributed by atoms with Crippen LogP contribution in [0.25, 0.3) is 0 Å². The predicted molar refractivity (Wildman–Crippen MR) is 97.4 cm³/mol. The van der Waals surface area contributed by atoms with Crippen molar-refractivity contribution >= 4 is 0 Å². The fourth-order valence-corrected chi connectivity index (χ4v) is 3.05. The standard InChI is InChI=1S/C19H28N4O2/c1-14(20)13-25-15(2)19-10-17-12-22(8-9-23(17)21-19)11-16-4-6-18(24-3)7-5-16/h4-7,10,14-15H,8-9,11-13,20H2,1-3H3/t14-,15?/m0/s1. The molecule has 25 heavy (non-hydrogen) atoms. The first-order chi connectivity index (χ1) is 12.0. The van der Waals surface area contributed by atoms with E-state index in [9.17, 15) is 0 Å². The molecule has 2 atom stereocenters. The van der Waals surface area contributed by atoms with Crippen LogP contribution in [-0.2, 0) is 24.4 Å². The highest BCUT2D eigenvalue weighted by Crippen LogP contribution is 2.22. The van der Waals surface area contributed by atoms with Crippen LogP contribution < -0.4 is 10.5 Å². The second kappa shape index (κ2) is 7.99. The van der Waals surface area contributed by atoms with E-state index in [0.29, 0.717) is 6.61 Å². The first-order valence-corrected chi connectivity index (χ1v) is 8.84. The Morgan fingerprint density at radius 3 is 2.64 bits per heavy atom. The lowest BCUT2D eigenvalue weighted by molar-refractivity contribution is 0.0552. The van der Waals surface area contributed by atoms with Gasteiger partial charge < -0.3 is 15.2 Å². The quantitative estimate of drug-likeness (QED) is 0.835. The molecule has 0 aliphatic carbocycles. The lowest BCUT2D eigenvalue weighted by atomic mass is 10.2. The van der Waals surface area contributed by atoms with E-state index in [2.05, 4.69) is 27.8 Å². The van der Waals surface area contributed by atoms with Gasteiger partial charge in [-0.15, -0.1) is 0 Å². The summed E-state index contributed by atoms with van der Waals surface area (Å²) < 4.78 is 13.1. The number of nitrogens with two attached hydrogens (primary N) is 1. The zero-order chi connectivity index (χ0) is 17.8. The average molecular weight is 344 g/mol. The van der Waals surface area contributed by atoms with Crippen LogP contribution in [0.2, 0.25) is 0 Å². The Labute approximate surface area is 149 Å². The second-order valence-corrected chi connectivity index (χ2v) is 6.80. The molecule has 1 unspecified atom stereocenters. The van der Waals surface area contributed by atoms with Crippen molar-refractivity contribution in [2.24, 2.45) is 5.73 Å². The molecule has 2 N–H and O–H groups in total. The molecule has 1 aliphatic heterocycles. The number of nitrogens with zero attached hydrogens (tertiary/aromatic N) is 3. The molecule has 0 radical (unpaired) electrons. The van der Waals surface area contributed by atoms with Crippen LogP contribution in [0.5, 0.6) is 5.75 Å². The average Bonchev–Trinajstić information content (AvgIpc) is 3.03. The van der Waals surface area contributed by atoms with E-state index in [1.165, 1.54) is 11.3 Å². The predicted octanol–water partition coefficient (Wildman–Crippen LogP) is 2.33. The number of methoxy groups -OCH3 is 1. The van der Waals surface area contributed by atoms with Gasteiger partial charge in [0.2, 0.25) is 0 Å². The third-order valence-electron chi connectivity index (χ3n) is 4.49. The van der Waals surface area contributed by atoms with Crippen LogP contribution in [0.1, 0.15) is 36.9 Å². The maximum Gasteiger partial charge on any atom is 0.118 e. The summed E-state index contributed by atoms with van der Waals surface area (Å²) in [5.41, 5.74) is 9.28. The highest BCUT2D eigenvalue weighted by atomic mass is 16.5. The van der Waals surface area contributed by atoms with E-state index in [4.69, 9.17) is 20.3 Å². The Kier molecular flexibility index (Phi) is 5.73. The van der Waals surface area contributed by atoms with E-state index in [0.717, 1.165) is 37.6 Å². The van der Waals surface area contributed by atoms with Gasteiger partial charge in [0.25, 0.3) is 0 Å². The number of rotatable bonds is 7. The maximum atomic E-state index is 5.79. The maximum absolute atomic E-state index is 5.79. The number of benzene rings is 1. The van der Waals surface area contributed by atoms with Crippen LogP contribution in [0, 0.1) is 0 Å². The first-order valence-electron chi connectivity index (χ1n) is 8.84. The van der Waals surface area contributed by atoms with E-state index in [-0.39, 0.29) is 12.1 Å². The lowest BCUT2D eigenvalue weighted by Gasteiger charge is -2.27. The third kappa shape index (κ3) is 4.60. The summed E-state index contributed by atoms with van der Waals surface area (Å²) in [6.45, 7) is 8.27. The molecule has 2 heterocycles. The SMILES string of the molecule is COc1ccc(CN2CCn3nc(C(C)OC[C@H](C)N)cc3C2)cc1. The molecule has 2 aromatic rings. The zero-order valence-electron chi connectivity index (χ0n) is 15.3. The molecule has 6 nitrogen and oxygen atoms in total. The Hall–Kier alpha value is -1.89. The van der Waals surface area contributed by atoms with E-state index < -0.39 is 0 Å². The molecule has 0 amide bonds. The summed E-state index contributed by atoms with van der Waals surface area (Å²) in [4.78, 5) is 2.44. The van der Waals surface area contributed by atoms with Crippen molar-refractivity contribution < 1.29 is 9.47 Å². The third-order valence-corrected chi connectivity index (χ3v) is 4.49. The minimum Gasteiger partial charge on any atom is -0.497 e. The summed E-state index contributed by atoms with van der Waals surface area (Å²) >= 11 is 0. The van der Waals surface area contributed by atoms with Gasteiger partial charge in [-0.3, -0.25) is 9.58 Å². The molecule has 0 bridgehead atoms. The fraction of sp³-hybridized carbons (Fsp3) is 0.526. The molecule has 6 heteroatoms. The smallest absolute Gasteiger partial charge is 0.118 e. The Balaban J connectivity index is 1.60. The molecule has 1 aliphatic rings. The van der Waals surface area contributed by atoms with Crippen molar-refractivity contribution in [1.29, 1.82) is 0 Å². The van der Waals surface area contributed by atoms with Crippen molar-refractivity contribution in [2.45, 2.75) is 45.6 Å². The lowest BCUT2D eigenvalue weighted by Crippen LogP contribution is -2.33. The minimum atomic E-state index is -0.0286. The van der Waals surface area contributed by atoms with Crippen LogP contribution >= 0.6 is 0 Å². The van der Waals surface area contributed by atoms with E-state index in [1.807, 2.05) is 26.0 Å². The topological polar surface area (TPSA) is 65.5 Å². The Bertz CT molecular complexity index is 681. The largest absolute Gasteiger partial charge is 0.497 e. The molecular formula is C19H28N4O2. The number of aromatic nitrogens is 2. The molecule has 1 aromatic heterocycles. The highest BCUT2D eigenvalue weighted by Gasteiger charge is 2.21. The number of ether oxygens (including phenoxy) is 2. The molecule has 0 fully saturated rings.